The van der Waals surface area contributed by atoms with Crippen molar-refractivity contribution in [1.29, 1.82) is 0 Å². The van der Waals surface area contributed by atoms with Gasteiger partial charge in [0.25, 0.3) is 0 Å². The van der Waals surface area contributed by atoms with Crippen LogP contribution in [0.5, 0.6) is 0 Å². The van der Waals surface area contributed by atoms with Gasteiger partial charge in [0.15, 0.2) is 5.58 Å². The number of halogens is 1. The third-order valence-corrected chi connectivity index (χ3v) is 7.32. The summed E-state index contributed by atoms with van der Waals surface area (Å²) in [5, 5.41) is 47.1. The lowest BCUT2D eigenvalue weighted by atomic mass is 9.91. The fourth-order valence-electron chi connectivity index (χ4n) is 5.26. The summed E-state index contributed by atoms with van der Waals surface area (Å²) in [6, 6.07) is 13.2. The summed E-state index contributed by atoms with van der Waals surface area (Å²) < 4.78 is 18.7. The average Bonchev–Trinajstić information content (AvgIpc) is 3.43. The van der Waals surface area contributed by atoms with Crippen LogP contribution < -0.4 is 0 Å². The molecule has 246 valence electrons. The Morgan fingerprint density at radius 1 is 0.826 bits per heavy atom. The summed E-state index contributed by atoms with van der Waals surface area (Å²) in [5.74, 6) is -5.01. The van der Waals surface area contributed by atoms with Gasteiger partial charge in [0.2, 0.25) is 0 Å². The SMILES string of the molecule is O=C(O)C=CC(=O)O.O=C(O)C=CC(=O)O.OC(CN1CCC(c2noc3cc(F)ccc23)CC1)CN1CCc2ccccc2C1. The molecule has 0 aliphatic carbocycles. The second kappa shape index (κ2) is 17.5. The van der Waals surface area contributed by atoms with Crippen molar-refractivity contribution in [3.8, 4) is 0 Å². The van der Waals surface area contributed by atoms with E-state index in [1.807, 2.05) is 0 Å². The van der Waals surface area contributed by atoms with Gasteiger partial charge in [-0.25, -0.2) is 23.6 Å². The number of hydrogen-bond acceptors (Lipinski definition) is 9. The number of piperidine rings is 1. The molecular formula is C32H36FN3O10. The van der Waals surface area contributed by atoms with Gasteiger partial charge in [-0.05, 0) is 55.6 Å². The highest BCUT2D eigenvalue weighted by Crippen LogP contribution is 2.32. The number of β-amino-alcohol motifs (C(OH)–C–C–N with tert-alkyl or cyclic N) is 1. The molecule has 2 aliphatic rings. The molecule has 0 radical (unpaired) electrons. The maximum Gasteiger partial charge on any atom is 0.328 e. The Morgan fingerprint density at radius 2 is 1.37 bits per heavy atom. The van der Waals surface area contributed by atoms with E-state index in [0.29, 0.717) is 48.9 Å². The maximum atomic E-state index is 13.4. The fourth-order valence-corrected chi connectivity index (χ4v) is 5.26. The van der Waals surface area contributed by atoms with Crippen LogP contribution in [0, 0.1) is 5.82 Å². The summed E-state index contributed by atoms with van der Waals surface area (Å²) in [5.41, 5.74) is 4.29. The monoisotopic (exact) mass is 641 g/mol. The minimum Gasteiger partial charge on any atom is -0.478 e. The Bertz CT molecular complexity index is 1500. The van der Waals surface area contributed by atoms with Crippen molar-refractivity contribution in [2.24, 2.45) is 0 Å². The van der Waals surface area contributed by atoms with Crippen molar-refractivity contribution in [1.82, 2.24) is 15.0 Å². The van der Waals surface area contributed by atoms with Gasteiger partial charge in [-0.2, -0.15) is 0 Å². The largest absolute Gasteiger partial charge is 0.478 e. The molecule has 14 heteroatoms. The van der Waals surface area contributed by atoms with Crippen LogP contribution in [0.2, 0.25) is 0 Å². The summed E-state index contributed by atoms with van der Waals surface area (Å²) in [6.45, 7) is 5.22. The number of likely N-dealkylation sites (tertiary alicyclic amines) is 1. The Hall–Kier alpha value is -4.92. The molecule has 1 unspecified atom stereocenters. The van der Waals surface area contributed by atoms with Crippen LogP contribution in [0.25, 0.3) is 11.0 Å². The minimum atomic E-state index is -1.26. The summed E-state index contributed by atoms with van der Waals surface area (Å²) in [6.07, 6.45) is 4.90. The maximum absolute atomic E-state index is 13.4. The summed E-state index contributed by atoms with van der Waals surface area (Å²) in [4.78, 5) is 42.9. The van der Waals surface area contributed by atoms with E-state index in [-0.39, 0.29) is 11.9 Å². The molecule has 0 saturated carbocycles. The number of aliphatic hydroxyl groups excluding tert-OH is 1. The van der Waals surface area contributed by atoms with E-state index in [4.69, 9.17) is 24.9 Å². The molecule has 1 aromatic heterocycles. The Balaban J connectivity index is 0.000000299. The minimum absolute atomic E-state index is 0.300. The molecule has 2 aromatic carbocycles. The molecule has 5 N–H and O–H groups in total. The molecule has 1 saturated heterocycles. The zero-order chi connectivity index (χ0) is 33.6. The van der Waals surface area contributed by atoms with Gasteiger partial charge < -0.3 is 35.0 Å². The molecule has 46 heavy (non-hydrogen) atoms. The number of carboxylic acid groups (broad SMARTS) is 4. The third kappa shape index (κ3) is 11.9. The number of aromatic nitrogens is 1. The molecule has 2 aliphatic heterocycles. The zero-order valence-electron chi connectivity index (χ0n) is 24.9. The lowest BCUT2D eigenvalue weighted by Crippen LogP contribution is -2.44. The first-order valence-electron chi connectivity index (χ1n) is 14.4. The molecule has 0 bridgehead atoms. The first kappa shape index (κ1) is 35.6. The zero-order valence-corrected chi connectivity index (χ0v) is 24.9. The van der Waals surface area contributed by atoms with Crippen LogP contribution in [0.15, 0.2) is 71.3 Å². The van der Waals surface area contributed by atoms with Gasteiger partial charge in [0, 0.05) is 67.9 Å². The topological polar surface area (TPSA) is 202 Å². The molecule has 3 heterocycles. The van der Waals surface area contributed by atoms with Gasteiger partial charge in [0.05, 0.1) is 11.8 Å². The van der Waals surface area contributed by atoms with Crippen molar-refractivity contribution >= 4 is 34.8 Å². The van der Waals surface area contributed by atoms with Crippen molar-refractivity contribution in [2.75, 3.05) is 32.7 Å². The standard InChI is InChI=1S/C24H28FN3O2.2C4H4O4/c25-20-5-6-22-23(13-20)30-26-24(22)18-8-10-27(11-9-18)15-21(29)16-28-12-7-17-3-1-2-4-19(17)14-28;2*5-3(6)1-2-4(7)8/h1-6,13,18,21,29H,7-12,14-16H2;2*1-2H,(H,5,6)(H,7,8). The fraction of sp³-hybridized carbons (Fsp3) is 0.344. The molecule has 5 rings (SSSR count). The van der Waals surface area contributed by atoms with Gasteiger partial charge in [-0.1, -0.05) is 29.4 Å². The number of fused-ring (bicyclic) bond motifs is 2. The second-order valence-corrected chi connectivity index (χ2v) is 10.7. The predicted octanol–water partition coefficient (Wildman–Crippen LogP) is 2.99. The summed E-state index contributed by atoms with van der Waals surface area (Å²) >= 11 is 0. The van der Waals surface area contributed by atoms with Gasteiger partial charge >= 0.3 is 23.9 Å². The van der Waals surface area contributed by atoms with E-state index in [1.165, 1.54) is 23.3 Å². The van der Waals surface area contributed by atoms with Crippen LogP contribution in [-0.4, -0.2) is 103 Å². The Morgan fingerprint density at radius 3 is 1.93 bits per heavy atom. The second-order valence-electron chi connectivity index (χ2n) is 10.7. The third-order valence-electron chi connectivity index (χ3n) is 7.32. The van der Waals surface area contributed by atoms with E-state index >= 15 is 0 Å². The van der Waals surface area contributed by atoms with Crippen molar-refractivity contribution in [3.05, 3.63) is 89.4 Å². The highest BCUT2D eigenvalue weighted by molar-refractivity contribution is 5.90. The molecule has 1 fully saturated rings. The van der Waals surface area contributed by atoms with Crippen LogP contribution >= 0.6 is 0 Å². The Kier molecular flexibility index (Phi) is 13.6. The normalized spacial score (nSPS) is 16.2. The van der Waals surface area contributed by atoms with Gasteiger partial charge in [-0.3, -0.25) is 4.90 Å². The number of benzene rings is 2. The molecule has 0 amide bonds. The number of carboxylic acids is 4. The summed E-state index contributed by atoms with van der Waals surface area (Å²) in [7, 11) is 0. The average molecular weight is 642 g/mol. The van der Waals surface area contributed by atoms with Crippen molar-refractivity contribution in [3.63, 3.8) is 0 Å². The van der Waals surface area contributed by atoms with Crippen molar-refractivity contribution < 1.29 is 53.6 Å². The highest BCUT2D eigenvalue weighted by Gasteiger charge is 2.27. The number of nitrogens with zero attached hydrogens (tertiary/aromatic N) is 3. The van der Waals surface area contributed by atoms with Crippen molar-refractivity contribution in [2.45, 2.75) is 37.8 Å². The predicted molar refractivity (Wildman–Crippen MR) is 163 cm³/mol. The van der Waals surface area contributed by atoms with E-state index < -0.39 is 23.9 Å². The van der Waals surface area contributed by atoms with Gasteiger partial charge in [0.1, 0.15) is 5.82 Å². The van der Waals surface area contributed by atoms with Crippen LogP contribution in [0.4, 0.5) is 4.39 Å². The molecule has 3 aromatic rings. The number of aliphatic carboxylic acids is 4. The van der Waals surface area contributed by atoms with Gasteiger partial charge in [-0.15, -0.1) is 0 Å². The number of carbonyl (C=O) groups is 4. The van der Waals surface area contributed by atoms with Crippen LogP contribution in [0.3, 0.4) is 0 Å². The number of rotatable bonds is 9. The van der Waals surface area contributed by atoms with E-state index in [1.54, 1.807) is 6.07 Å². The smallest absolute Gasteiger partial charge is 0.328 e. The molecular weight excluding hydrogens is 605 g/mol. The lowest BCUT2D eigenvalue weighted by Gasteiger charge is -2.35. The van der Waals surface area contributed by atoms with Crippen LogP contribution in [-0.2, 0) is 32.1 Å². The quantitative estimate of drug-likeness (QED) is 0.214. The molecule has 1 atom stereocenters. The lowest BCUT2D eigenvalue weighted by molar-refractivity contribution is -0.134. The highest BCUT2D eigenvalue weighted by atomic mass is 19.1. The first-order valence-corrected chi connectivity index (χ1v) is 14.4. The van der Waals surface area contributed by atoms with E-state index in [0.717, 1.165) is 56.5 Å². The number of aliphatic hydroxyl groups is 1. The van der Waals surface area contributed by atoms with Crippen LogP contribution in [0.1, 0.15) is 35.6 Å². The first-order chi connectivity index (χ1) is 21.9. The Labute approximate surface area is 263 Å². The molecule has 13 nitrogen and oxygen atoms in total. The molecule has 0 spiro atoms. The van der Waals surface area contributed by atoms with E-state index in [9.17, 15) is 28.7 Å². The number of hydrogen-bond donors (Lipinski definition) is 5. The van der Waals surface area contributed by atoms with E-state index in [2.05, 4.69) is 39.2 Å².